The highest BCUT2D eigenvalue weighted by Crippen LogP contribution is 2.40. The average Bonchev–Trinajstić information content (AvgIpc) is 2.91. The van der Waals surface area contributed by atoms with E-state index in [9.17, 15) is 14.0 Å². The van der Waals surface area contributed by atoms with Crippen LogP contribution in [0.5, 0.6) is 0 Å². The van der Waals surface area contributed by atoms with E-state index < -0.39 is 11.8 Å². The Morgan fingerprint density at radius 2 is 2.00 bits per heavy atom. The lowest BCUT2D eigenvalue weighted by Gasteiger charge is -2.18. The molecule has 1 aliphatic carbocycles. The fourth-order valence-electron chi connectivity index (χ4n) is 2.93. The fraction of sp³-hybridized carbons (Fsp3) is 0.333. The maximum atomic E-state index is 13.0. The van der Waals surface area contributed by atoms with Crippen LogP contribution in [0.15, 0.2) is 24.3 Å². The van der Waals surface area contributed by atoms with Gasteiger partial charge in [0.05, 0.1) is 12.7 Å². The zero-order chi connectivity index (χ0) is 17.3. The first-order valence-electron chi connectivity index (χ1n) is 7.79. The van der Waals surface area contributed by atoms with Crippen molar-refractivity contribution in [3.8, 4) is 0 Å². The Labute approximate surface area is 143 Å². The molecule has 1 aromatic heterocycles. The second-order valence-electron chi connectivity index (χ2n) is 6.01. The summed E-state index contributed by atoms with van der Waals surface area (Å²) >= 11 is 1.43. The van der Waals surface area contributed by atoms with Crippen LogP contribution in [-0.4, -0.2) is 19.0 Å². The van der Waals surface area contributed by atoms with Gasteiger partial charge in [0.2, 0.25) is 0 Å². The summed E-state index contributed by atoms with van der Waals surface area (Å²) in [6.45, 7) is 2.18. The zero-order valence-corrected chi connectivity index (χ0v) is 14.3. The number of halogens is 1. The third kappa shape index (κ3) is 3.19. The number of nitrogens with one attached hydrogen (secondary N) is 1. The Hall–Kier alpha value is -2.21. The zero-order valence-electron chi connectivity index (χ0n) is 13.5. The number of methoxy groups -OCH3 is 1. The predicted molar refractivity (Wildman–Crippen MR) is 91.2 cm³/mol. The molecule has 0 saturated heterocycles. The van der Waals surface area contributed by atoms with Crippen LogP contribution in [0.2, 0.25) is 0 Å². The molecule has 126 valence electrons. The Morgan fingerprint density at radius 3 is 2.67 bits per heavy atom. The van der Waals surface area contributed by atoms with Gasteiger partial charge in [0.15, 0.2) is 0 Å². The van der Waals surface area contributed by atoms with Gasteiger partial charge in [-0.2, -0.15) is 0 Å². The van der Waals surface area contributed by atoms with Crippen molar-refractivity contribution in [1.29, 1.82) is 0 Å². The van der Waals surface area contributed by atoms with Crippen molar-refractivity contribution in [3.63, 3.8) is 0 Å². The van der Waals surface area contributed by atoms with Crippen molar-refractivity contribution >= 4 is 28.2 Å². The molecule has 4 nitrogen and oxygen atoms in total. The molecule has 1 atom stereocenters. The molecule has 3 rings (SSSR count). The molecule has 0 fully saturated rings. The number of fused-ring (bicyclic) bond motifs is 1. The van der Waals surface area contributed by atoms with E-state index in [4.69, 9.17) is 4.74 Å². The summed E-state index contributed by atoms with van der Waals surface area (Å²) in [4.78, 5) is 25.7. The standard InChI is InChI=1S/C18H18FNO3S/c1-10-3-8-13-14(9-10)24-17(15(13)18(22)23-2)20-16(21)11-4-6-12(19)7-5-11/h4-7,10H,3,8-9H2,1-2H3,(H,20,21). The van der Waals surface area contributed by atoms with Crippen LogP contribution in [-0.2, 0) is 17.6 Å². The number of rotatable bonds is 3. The lowest BCUT2D eigenvalue weighted by atomic mass is 9.88. The van der Waals surface area contributed by atoms with E-state index in [0.717, 1.165) is 29.7 Å². The molecule has 1 aliphatic rings. The first-order valence-corrected chi connectivity index (χ1v) is 8.61. The van der Waals surface area contributed by atoms with E-state index in [-0.39, 0.29) is 5.91 Å². The molecule has 1 N–H and O–H groups in total. The van der Waals surface area contributed by atoms with E-state index in [0.29, 0.717) is 22.0 Å². The first kappa shape index (κ1) is 16.6. The molecule has 0 aliphatic heterocycles. The molecule has 0 radical (unpaired) electrons. The average molecular weight is 347 g/mol. The minimum Gasteiger partial charge on any atom is -0.465 e. The second-order valence-corrected chi connectivity index (χ2v) is 7.11. The molecule has 1 heterocycles. The second kappa shape index (κ2) is 6.73. The van der Waals surface area contributed by atoms with Gasteiger partial charge >= 0.3 is 5.97 Å². The minimum atomic E-state index is -0.434. The highest BCUT2D eigenvalue weighted by Gasteiger charge is 2.29. The van der Waals surface area contributed by atoms with E-state index in [1.807, 2.05) is 0 Å². The topological polar surface area (TPSA) is 55.4 Å². The highest BCUT2D eigenvalue weighted by atomic mass is 32.1. The molecule has 0 saturated carbocycles. The molecule has 1 unspecified atom stereocenters. The molecule has 0 bridgehead atoms. The number of carbonyl (C=O) groups excluding carboxylic acids is 2. The molecule has 0 spiro atoms. The van der Waals surface area contributed by atoms with Crippen LogP contribution >= 0.6 is 11.3 Å². The SMILES string of the molecule is COC(=O)c1c(NC(=O)c2ccc(F)cc2)sc2c1CCC(C)C2. The van der Waals surface area contributed by atoms with Crippen LogP contribution in [0.1, 0.15) is 44.5 Å². The van der Waals surface area contributed by atoms with E-state index in [1.165, 1.54) is 42.7 Å². The first-order chi connectivity index (χ1) is 11.5. The van der Waals surface area contributed by atoms with Crippen molar-refractivity contribution in [2.45, 2.75) is 26.2 Å². The summed E-state index contributed by atoms with van der Waals surface area (Å²) in [6, 6.07) is 5.30. The van der Waals surface area contributed by atoms with Crippen molar-refractivity contribution in [3.05, 3.63) is 51.7 Å². The van der Waals surface area contributed by atoms with Crippen LogP contribution in [0.4, 0.5) is 9.39 Å². The summed E-state index contributed by atoms with van der Waals surface area (Å²) in [7, 11) is 1.34. The summed E-state index contributed by atoms with van der Waals surface area (Å²) in [5.41, 5.74) is 1.78. The Kier molecular flexibility index (Phi) is 4.66. The summed E-state index contributed by atoms with van der Waals surface area (Å²) < 4.78 is 17.9. The van der Waals surface area contributed by atoms with E-state index in [1.54, 1.807) is 0 Å². The van der Waals surface area contributed by atoms with Crippen LogP contribution < -0.4 is 5.32 Å². The van der Waals surface area contributed by atoms with Crippen molar-refractivity contribution in [2.75, 3.05) is 12.4 Å². The predicted octanol–water partition coefficient (Wildman–Crippen LogP) is 4.05. The molecule has 2 aromatic rings. The summed E-state index contributed by atoms with van der Waals surface area (Å²) in [5.74, 6) is -0.645. The molecule has 6 heteroatoms. The van der Waals surface area contributed by atoms with Gasteiger partial charge in [-0.15, -0.1) is 11.3 Å². The van der Waals surface area contributed by atoms with Gasteiger partial charge in [-0.3, -0.25) is 4.79 Å². The maximum Gasteiger partial charge on any atom is 0.341 e. The molecular weight excluding hydrogens is 329 g/mol. The smallest absolute Gasteiger partial charge is 0.341 e. The number of carbonyl (C=O) groups is 2. The number of esters is 1. The van der Waals surface area contributed by atoms with Gasteiger partial charge in [0, 0.05) is 10.4 Å². The lowest BCUT2D eigenvalue weighted by molar-refractivity contribution is 0.0601. The molecule has 24 heavy (non-hydrogen) atoms. The van der Waals surface area contributed by atoms with Gasteiger partial charge < -0.3 is 10.1 Å². The Bertz CT molecular complexity index is 782. The van der Waals surface area contributed by atoms with Crippen molar-refractivity contribution in [2.24, 2.45) is 5.92 Å². The van der Waals surface area contributed by atoms with Crippen LogP contribution in [0, 0.1) is 11.7 Å². The number of hydrogen-bond acceptors (Lipinski definition) is 4. The van der Waals surface area contributed by atoms with E-state index >= 15 is 0 Å². The number of ether oxygens (including phenoxy) is 1. The number of anilines is 1. The van der Waals surface area contributed by atoms with Crippen molar-refractivity contribution < 1.29 is 18.7 Å². The van der Waals surface area contributed by atoms with Crippen LogP contribution in [0.3, 0.4) is 0 Å². The van der Waals surface area contributed by atoms with Gasteiger partial charge in [-0.25, -0.2) is 9.18 Å². The van der Waals surface area contributed by atoms with Gasteiger partial charge in [-0.1, -0.05) is 6.92 Å². The van der Waals surface area contributed by atoms with Crippen molar-refractivity contribution in [1.82, 2.24) is 0 Å². The minimum absolute atomic E-state index is 0.340. The van der Waals surface area contributed by atoms with E-state index in [2.05, 4.69) is 12.2 Å². The summed E-state index contributed by atoms with van der Waals surface area (Å²) in [6.07, 6.45) is 2.72. The molecule has 1 aromatic carbocycles. The monoisotopic (exact) mass is 347 g/mol. The highest BCUT2D eigenvalue weighted by molar-refractivity contribution is 7.17. The number of hydrogen-bond donors (Lipinski definition) is 1. The van der Waals surface area contributed by atoms with Gasteiger partial charge in [0.25, 0.3) is 5.91 Å². The third-order valence-electron chi connectivity index (χ3n) is 4.23. The lowest BCUT2D eigenvalue weighted by Crippen LogP contribution is -2.16. The molecular formula is C18H18FNO3S. The molecule has 1 amide bonds. The quantitative estimate of drug-likeness (QED) is 0.852. The Morgan fingerprint density at radius 1 is 1.29 bits per heavy atom. The normalized spacial score (nSPS) is 16.4. The number of benzene rings is 1. The number of thiophene rings is 1. The van der Waals surface area contributed by atoms with Crippen LogP contribution in [0.25, 0.3) is 0 Å². The summed E-state index contributed by atoms with van der Waals surface area (Å²) in [5, 5.41) is 3.30. The maximum absolute atomic E-state index is 13.0. The Balaban J connectivity index is 1.93. The largest absolute Gasteiger partial charge is 0.465 e. The third-order valence-corrected chi connectivity index (χ3v) is 5.40. The van der Waals surface area contributed by atoms with Gasteiger partial charge in [0.1, 0.15) is 10.8 Å². The fourth-order valence-corrected chi connectivity index (χ4v) is 4.33. The van der Waals surface area contributed by atoms with Gasteiger partial charge in [-0.05, 0) is 55.0 Å². The number of amides is 1.